The highest BCUT2D eigenvalue weighted by Crippen LogP contribution is 2.17. The van der Waals surface area contributed by atoms with E-state index in [1.54, 1.807) is 0 Å². The van der Waals surface area contributed by atoms with Crippen LogP contribution in [0.2, 0.25) is 0 Å². The zero-order valence-corrected chi connectivity index (χ0v) is 7.41. The first-order valence-corrected chi connectivity index (χ1v) is 4.15. The molecular formula is C7H7N3O2S. The molecule has 0 saturated carbocycles. The van der Waals surface area contributed by atoms with Gasteiger partial charge >= 0.3 is 5.97 Å². The minimum atomic E-state index is -0.988. The Morgan fingerprint density at radius 1 is 1.85 bits per heavy atom. The molecule has 0 aliphatic heterocycles. The summed E-state index contributed by atoms with van der Waals surface area (Å²) in [5, 5.41) is 12.7. The Morgan fingerprint density at radius 3 is 3.15 bits per heavy atom. The monoisotopic (exact) mass is 197 g/mol. The van der Waals surface area contributed by atoms with Crippen LogP contribution in [-0.4, -0.2) is 22.3 Å². The van der Waals surface area contributed by atoms with Gasteiger partial charge in [0.2, 0.25) is 5.13 Å². The maximum absolute atomic E-state index is 10.4. The Labute approximate surface area is 78.4 Å². The highest BCUT2D eigenvalue weighted by Gasteiger charge is 2.06. The number of carboxylic acid groups (broad SMARTS) is 1. The summed E-state index contributed by atoms with van der Waals surface area (Å²) in [7, 11) is 0. The van der Waals surface area contributed by atoms with Gasteiger partial charge in [-0.3, -0.25) is 5.43 Å². The van der Waals surface area contributed by atoms with Crippen LogP contribution in [0.4, 0.5) is 5.13 Å². The van der Waals surface area contributed by atoms with Gasteiger partial charge < -0.3 is 5.11 Å². The van der Waals surface area contributed by atoms with Crippen molar-refractivity contribution in [3.63, 3.8) is 0 Å². The highest BCUT2D eigenvalue weighted by atomic mass is 32.1. The van der Waals surface area contributed by atoms with Crippen molar-refractivity contribution in [2.75, 3.05) is 5.43 Å². The average molecular weight is 197 g/mol. The average Bonchev–Trinajstić information content (AvgIpc) is 2.53. The van der Waals surface area contributed by atoms with E-state index in [-0.39, 0.29) is 4.88 Å². The van der Waals surface area contributed by atoms with E-state index in [0.717, 1.165) is 11.3 Å². The van der Waals surface area contributed by atoms with E-state index in [1.165, 1.54) is 18.5 Å². The number of anilines is 1. The first kappa shape index (κ1) is 9.40. The summed E-state index contributed by atoms with van der Waals surface area (Å²) < 4.78 is 0. The molecule has 0 fully saturated rings. The number of aromatic carboxylic acids is 1. The molecule has 0 spiro atoms. The predicted octanol–water partition coefficient (Wildman–Crippen LogP) is 1.43. The second kappa shape index (κ2) is 4.36. The zero-order chi connectivity index (χ0) is 9.68. The summed E-state index contributed by atoms with van der Waals surface area (Å²) in [6, 6.07) is 0. The second-order valence-electron chi connectivity index (χ2n) is 1.96. The van der Waals surface area contributed by atoms with Gasteiger partial charge in [0.15, 0.2) is 0 Å². The Bertz CT molecular complexity index is 345. The molecule has 1 aromatic rings. The Balaban J connectivity index is 2.63. The third kappa shape index (κ3) is 2.68. The van der Waals surface area contributed by atoms with Gasteiger partial charge in [0.05, 0.1) is 6.20 Å². The van der Waals surface area contributed by atoms with Crippen molar-refractivity contribution in [2.24, 2.45) is 5.10 Å². The summed E-state index contributed by atoms with van der Waals surface area (Å²) in [5.41, 5.74) is 2.56. The van der Waals surface area contributed by atoms with Crippen LogP contribution < -0.4 is 5.43 Å². The molecule has 0 atom stereocenters. The lowest BCUT2D eigenvalue weighted by atomic mass is 10.6. The molecule has 5 nitrogen and oxygen atoms in total. The number of allylic oxidation sites excluding steroid dienone is 1. The zero-order valence-electron chi connectivity index (χ0n) is 6.60. The molecule has 0 saturated heterocycles. The Kier molecular flexibility index (Phi) is 3.15. The summed E-state index contributed by atoms with van der Waals surface area (Å²) in [6.07, 6.45) is 4.22. The topological polar surface area (TPSA) is 74.6 Å². The molecule has 13 heavy (non-hydrogen) atoms. The molecule has 68 valence electrons. The number of carbonyl (C=O) groups is 1. The number of hydrazone groups is 1. The number of thiazole rings is 1. The van der Waals surface area contributed by atoms with Crippen LogP contribution in [0, 0.1) is 0 Å². The molecule has 6 heteroatoms. The Morgan fingerprint density at radius 2 is 2.62 bits per heavy atom. The fraction of sp³-hybridized carbons (Fsp3) is 0. The smallest absolute Gasteiger partial charge is 0.347 e. The number of nitrogens with zero attached hydrogens (tertiary/aromatic N) is 2. The fourth-order valence-electron chi connectivity index (χ4n) is 0.570. The van der Waals surface area contributed by atoms with Crippen molar-refractivity contribution < 1.29 is 9.90 Å². The van der Waals surface area contributed by atoms with Crippen molar-refractivity contribution in [3.05, 3.63) is 23.7 Å². The van der Waals surface area contributed by atoms with Crippen LogP contribution >= 0.6 is 11.3 Å². The van der Waals surface area contributed by atoms with E-state index in [9.17, 15) is 4.79 Å². The maximum atomic E-state index is 10.4. The number of hydrogen-bond donors (Lipinski definition) is 2. The molecule has 0 amide bonds. The maximum Gasteiger partial charge on any atom is 0.347 e. The fourth-order valence-corrected chi connectivity index (χ4v) is 1.17. The van der Waals surface area contributed by atoms with Gasteiger partial charge in [0.1, 0.15) is 4.88 Å². The third-order valence-electron chi connectivity index (χ3n) is 1.06. The lowest BCUT2D eigenvalue weighted by molar-refractivity contribution is 0.0702. The molecule has 0 bridgehead atoms. The van der Waals surface area contributed by atoms with Gasteiger partial charge in [0.25, 0.3) is 0 Å². The minimum Gasteiger partial charge on any atom is -0.477 e. The largest absolute Gasteiger partial charge is 0.477 e. The lowest BCUT2D eigenvalue weighted by Gasteiger charge is -1.88. The molecule has 0 aliphatic carbocycles. The normalized spacial score (nSPS) is 10.2. The van der Waals surface area contributed by atoms with Gasteiger partial charge in [-0.25, -0.2) is 9.78 Å². The number of hydrogen-bond acceptors (Lipinski definition) is 5. The minimum absolute atomic E-state index is 0.177. The lowest BCUT2D eigenvalue weighted by Crippen LogP contribution is -1.89. The molecule has 1 heterocycles. The number of aromatic nitrogens is 1. The molecule has 0 radical (unpaired) electrons. The van der Waals surface area contributed by atoms with Crippen molar-refractivity contribution in [2.45, 2.75) is 0 Å². The van der Waals surface area contributed by atoms with E-state index in [0.29, 0.717) is 5.13 Å². The van der Waals surface area contributed by atoms with E-state index in [1.807, 2.05) is 0 Å². The van der Waals surface area contributed by atoms with Gasteiger partial charge in [-0.2, -0.15) is 5.10 Å². The van der Waals surface area contributed by atoms with Gasteiger partial charge in [-0.05, 0) is 6.08 Å². The summed E-state index contributed by atoms with van der Waals surface area (Å²) >= 11 is 1.02. The number of rotatable bonds is 4. The molecule has 1 aromatic heterocycles. The first-order valence-electron chi connectivity index (χ1n) is 3.33. The van der Waals surface area contributed by atoms with Crippen LogP contribution in [-0.2, 0) is 0 Å². The van der Waals surface area contributed by atoms with Crippen LogP contribution in [0.1, 0.15) is 9.67 Å². The van der Waals surface area contributed by atoms with E-state index in [2.05, 4.69) is 22.1 Å². The van der Waals surface area contributed by atoms with Crippen molar-refractivity contribution in [1.29, 1.82) is 0 Å². The molecule has 2 N–H and O–H groups in total. The molecule has 0 aromatic carbocycles. The standard InChI is InChI=1S/C7H7N3O2S/c1-2-3-9-10-7-8-4-5(13-7)6(11)12/h2-4H,1H2,(H,8,10)(H,11,12)/b9-3+. The quantitative estimate of drug-likeness (QED) is 0.565. The van der Waals surface area contributed by atoms with Crippen LogP contribution in [0.3, 0.4) is 0 Å². The predicted molar refractivity (Wildman–Crippen MR) is 51.4 cm³/mol. The summed E-state index contributed by atoms with van der Waals surface area (Å²) in [6.45, 7) is 3.42. The van der Waals surface area contributed by atoms with E-state index >= 15 is 0 Å². The highest BCUT2D eigenvalue weighted by molar-refractivity contribution is 7.17. The third-order valence-corrected chi connectivity index (χ3v) is 1.95. The van der Waals surface area contributed by atoms with Crippen molar-refractivity contribution in [1.82, 2.24) is 4.98 Å². The van der Waals surface area contributed by atoms with E-state index in [4.69, 9.17) is 5.11 Å². The molecule has 0 aliphatic rings. The van der Waals surface area contributed by atoms with Crippen LogP contribution in [0.15, 0.2) is 24.0 Å². The molecule has 0 unspecified atom stereocenters. The number of carboxylic acids is 1. The summed E-state index contributed by atoms with van der Waals surface area (Å²) in [4.78, 5) is 14.4. The molecular weight excluding hydrogens is 190 g/mol. The van der Waals surface area contributed by atoms with Crippen molar-refractivity contribution >= 4 is 28.7 Å². The van der Waals surface area contributed by atoms with Crippen molar-refractivity contribution in [3.8, 4) is 0 Å². The van der Waals surface area contributed by atoms with Gasteiger partial charge in [0, 0.05) is 6.21 Å². The molecule has 1 rings (SSSR count). The Hall–Kier alpha value is -1.69. The summed E-state index contributed by atoms with van der Waals surface area (Å²) in [5.74, 6) is -0.988. The van der Waals surface area contributed by atoms with Gasteiger partial charge in [-0.1, -0.05) is 17.9 Å². The van der Waals surface area contributed by atoms with Crippen LogP contribution in [0.25, 0.3) is 0 Å². The van der Waals surface area contributed by atoms with Crippen LogP contribution in [0.5, 0.6) is 0 Å². The SMILES string of the molecule is C=C/C=N/Nc1ncc(C(=O)O)s1. The first-order chi connectivity index (χ1) is 6.24. The second-order valence-corrected chi connectivity index (χ2v) is 2.99. The number of nitrogens with one attached hydrogen (secondary N) is 1. The van der Waals surface area contributed by atoms with E-state index < -0.39 is 5.97 Å². The van der Waals surface area contributed by atoms with Gasteiger partial charge in [-0.15, -0.1) is 0 Å².